The van der Waals surface area contributed by atoms with Crippen LogP contribution >= 0.6 is 0 Å². The van der Waals surface area contributed by atoms with Gasteiger partial charge in [0, 0.05) is 13.0 Å². The lowest BCUT2D eigenvalue weighted by molar-refractivity contribution is 0.595. The SMILES string of the molecule is Cn1cncc1Cn1nnc(N)c1C1CC1. The number of nitrogens with two attached hydrogens (primary N) is 1. The molecule has 0 unspecified atom stereocenters. The number of hydrogen-bond donors (Lipinski definition) is 1. The van der Waals surface area contributed by atoms with Crippen molar-refractivity contribution in [3.8, 4) is 0 Å². The third-order valence-electron chi connectivity index (χ3n) is 2.99. The molecule has 0 spiro atoms. The van der Waals surface area contributed by atoms with Gasteiger partial charge in [-0.15, -0.1) is 5.10 Å². The predicted octanol–water partition coefficient (Wildman–Crippen LogP) is 0.519. The van der Waals surface area contributed by atoms with Crippen molar-refractivity contribution in [1.82, 2.24) is 24.5 Å². The molecule has 1 aliphatic carbocycles. The van der Waals surface area contributed by atoms with Crippen LogP contribution in [0.1, 0.15) is 30.1 Å². The van der Waals surface area contributed by atoms with E-state index in [2.05, 4.69) is 15.3 Å². The minimum Gasteiger partial charge on any atom is -0.381 e. The van der Waals surface area contributed by atoms with Crippen LogP contribution in [0.3, 0.4) is 0 Å². The lowest BCUT2D eigenvalue weighted by atomic mass is 10.3. The first kappa shape index (κ1) is 9.38. The van der Waals surface area contributed by atoms with Crippen LogP contribution in [0.2, 0.25) is 0 Å². The van der Waals surface area contributed by atoms with Crippen LogP contribution in [-0.4, -0.2) is 24.5 Å². The second kappa shape index (κ2) is 3.33. The fourth-order valence-corrected chi connectivity index (χ4v) is 1.92. The molecule has 0 aromatic carbocycles. The van der Waals surface area contributed by atoms with E-state index in [4.69, 9.17) is 5.73 Å². The largest absolute Gasteiger partial charge is 0.381 e. The molecule has 2 N–H and O–H groups in total. The molecule has 2 aromatic heterocycles. The summed E-state index contributed by atoms with van der Waals surface area (Å²) in [7, 11) is 1.97. The first-order valence-electron chi connectivity index (χ1n) is 5.39. The van der Waals surface area contributed by atoms with E-state index in [-0.39, 0.29) is 0 Å². The van der Waals surface area contributed by atoms with Gasteiger partial charge < -0.3 is 10.3 Å². The summed E-state index contributed by atoms with van der Waals surface area (Å²) in [5.74, 6) is 1.13. The summed E-state index contributed by atoms with van der Waals surface area (Å²) in [6.07, 6.45) is 6.02. The fourth-order valence-electron chi connectivity index (χ4n) is 1.92. The molecule has 2 heterocycles. The smallest absolute Gasteiger partial charge is 0.169 e. The van der Waals surface area contributed by atoms with Gasteiger partial charge in [0.2, 0.25) is 0 Å². The fraction of sp³-hybridized carbons (Fsp3) is 0.500. The van der Waals surface area contributed by atoms with E-state index in [9.17, 15) is 0 Å². The Balaban J connectivity index is 1.92. The molecule has 6 nitrogen and oxygen atoms in total. The summed E-state index contributed by atoms with van der Waals surface area (Å²) >= 11 is 0. The molecule has 1 fully saturated rings. The Morgan fingerprint density at radius 2 is 2.31 bits per heavy atom. The predicted molar refractivity (Wildman–Crippen MR) is 58.7 cm³/mol. The molecule has 84 valence electrons. The van der Waals surface area contributed by atoms with Gasteiger partial charge in [-0.2, -0.15) is 0 Å². The van der Waals surface area contributed by atoms with E-state index in [1.54, 1.807) is 6.33 Å². The Morgan fingerprint density at radius 3 is 2.94 bits per heavy atom. The maximum Gasteiger partial charge on any atom is 0.169 e. The second-order valence-electron chi connectivity index (χ2n) is 4.29. The minimum absolute atomic E-state index is 0.559. The van der Waals surface area contributed by atoms with Crippen molar-refractivity contribution in [1.29, 1.82) is 0 Å². The Morgan fingerprint density at radius 1 is 1.50 bits per heavy atom. The van der Waals surface area contributed by atoms with Crippen molar-refractivity contribution in [2.24, 2.45) is 7.05 Å². The lowest BCUT2D eigenvalue weighted by Crippen LogP contribution is -2.09. The van der Waals surface area contributed by atoms with Crippen LogP contribution in [0.15, 0.2) is 12.5 Å². The van der Waals surface area contributed by atoms with Gasteiger partial charge in [0.05, 0.1) is 30.5 Å². The van der Waals surface area contributed by atoms with Gasteiger partial charge in [-0.05, 0) is 12.8 Å². The number of hydrogen-bond acceptors (Lipinski definition) is 4. The molecular weight excluding hydrogens is 204 g/mol. The van der Waals surface area contributed by atoms with E-state index in [0.29, 0.717) is 18.3 Å². The first-order chi connectivity index (χ1) is 7.75. The minimum atomic E-state index is 0.559. The molecule has 1 aliphatic rings. The number of nitrogens with zero attached hydrogens (tertiary/aromatic N) is 5. The van der Waals surface area contributed by atoms with Gasteiger partial charge in [0.25, 0.3) is 0 Å². The zero-order valence-corrected chi connectivity index (χ0v) is 9.17. The zero-order valence-electron chi connectivity index (χ0n) is 9.17. The van der Waals surface area contributed by atoms with Crippen LogP contribution < -0.4 is 5.73 Å². The number of nitrogen functional groups attached to an aromatic ring is 1. The van der Waals surface area contributed by atoms with Gasteiger partial charge in [0.15, 0.2) is 5.82 Å². The van der Waals surface area contributed by atoms with Crippen LogP contribution in [0, 0.1) is 0 Å². The monoisotopic (exact) mass is 218 g/mol. The maximum absolute atomic E-state index is 5.83. The Kier molecular flexibility index (Phi) is 1.95. The summed E-state index contributed by atoms with van der Waals surface area (Å²) in [4.78, 5) is 4.09. The molecule has 0 bridgehead atoms. The highest BCUT2D eigenvalue weighted by Gasteiger charge is 2.30. The van der Waals surface area contributed by atoms with Crippen molar-refractivity contribution < 1.29 is 0 Å². The van der Waals surface area contributed by atoms with Crippen molar-refractivity contribution in [3.63, 3.8) is 0 Å². The van der Waals surface area contributed by atoms with E-state index in [0.717, 1.165) is 11.4 Å². The lowest BCUT2D eigenvalue weighted by Gasteiger charge is -2.05. The molecule has 2 aromatic rings. The summed E-state index contributed by atoms with van der Waals surface area (Å²) in [5, 5.41) is 8.04. The van der Waals surface area contributed by atoms with Crippen LogP contribution in [0.5, 0.6) is 0 Å². The van der Waals surface area contributed by atoms with E-state index in [1.165, 1.54) is 12.8 Å². The van der Waals surface area contributed by atoms with Crippen LogP contribution in [0.4, 0.5) is 5.82 Å². The molecule has 0 saturated heterocycles. The van der Waals surface area contributed by atoms with Crippen molar-refractivity contribution in [2.45, 2.75) is 25.3 Å². The van der Waals surface area contributed by atoms with Crippen LogP contribution in [-0.2, 0) is 13.6 Å². The Hall–Kier alpha value is -1.85. The molecule has 3 rings (SSSR count). The van der Waals surface area contributed by atoms with E-state index >= 15 is 0 Å². The average Bonchev–Trinajstić information content (AvgIpc) is 2.92. The van der Waals surface area contributed by atoms with Gasteiger partial charge in [-0.1, -0.05) is 5.21 Å². The molecular formula is C10H14N6. The molecule has 0 amide bonds. The number of rotatable bonds is 3. The standard InChI is InChI=1S/C10H14N6/c1-15-6-12-4-8(15)5-16-9(7-2-3-7)10(11)13-14-16/h4,6-7H,2-3,5,11H2,1H3. The number of anilines is 1. The topological polar surface area (TPSA) is 74.5 Å². The molecule has 0 atom stereocenters. The van der Waals surface area contributed by atoms with Crippen LogP contribution in [0.25, 0.3) is 0 Å². The number of aromatic nitrogens is 5. The number of aryl methyl sites for hydroxylation is 1. The highest BCUT2D eigenvalue weighted by Crippen LogP contribution is 2.41. The summed E-state index contributed by atoms with van der Waals surface area (Å²) < 4.78 is 3.87. The normalized spacial score (nSPS) is 15.6. The highest BCUT2D eigenvalue weighted by atomic mass is 15.4. The van der Waals surface area contributed by atoms with E-state index < -0.39 is 0 Å². The van der Waals surface area contributed by atoms with Gasteiger partial charge in [0.1, 0.15) is 0 Å². The third kappa shape index (κ3) is 1.46. The van der Waals surface area contributed by atoms with Gasteiger partial charge >= 0.3 is 0 Å². The summed E-state index contributed by atoms with van der Waals surface area (Å²) in [6.45, 7) is 0.687. The second-order valence-corrected chi connectivity index (χ2v) is 4.29. The average molecular weight is 218 g/mol. The van der Waals surface area contributed by atoms with Crippen molar-refractivity contribution >= 4 is 5.82 Å². The zero-order chi connectivity index (χ0) is 11.1. The van der Waals surface area contributed by atoms with Crippen molar-refractivity contribution in [2.75, 3.05) is 5.73 Å². The van der Waals surface area contributed by atoms with Gasteiger partial charge in [-0.25, -0.2) is 9.67 Å². The summed E-state index contributed by atoms with van der Waals surface area (Å²) in [5.41, 5.74) is 8.02. The Labute approximate surface area is 93.1 Å². The number of imidazole rings is 1. The molecule has 0 radical (unpaired) electrons. The Bertz CT molecular complexity index is 507. The van der Waals surface area contributed by atoms with Gasteiger partial charge in [-0.3, -0.25) is 0 Å². The summed E-state index contributed by atoms with van der Waals surface area (Å²) in [6, 6.07) is 0. The molecule has 6 heteroatoms. The molecule has 16 heavy (non-hydrogen) atoms. The molecule has 0 aliphatic heterocycles. The third-order valence-corrected chi connectivity index (χ3v) is 2.99. The van der Waals surface area contributed by atoms with E-state index in [1.807, 2.05) is 22.5 Å². The quantitative estimate of drug-likeness (QED) is 0.815. The van der Waals surface area contributed by atoms with Crippen molar-refractivity contribution in [3.05, 3.63) is 23.9 Å². The highest BCUT2D eigenvalue weighted by molar-refractivity contribution is 5.38. The first-order valence-corrected chi connectivity index (χ1v) is 5.39. The molecule has 1 saturated carbocycles. The maximum atomic E-state index is 5.83.